The molecule has 0 radical (unpaired) electrons. The summed E-state index contributed by atoms with van der Waals surface area (Å²) in [6.45, 7) is -0.833. The van der Waals surface area contributed by atoms with E-state index in [9.17, 15) is 14.3 Å². The number of rotatable bonds is 1. The van der Waals surface area contributed by atoms with Crippen LogP contribution in [0.4, 0.5) is 4.39 Å². The van der Waals surface area contributed by atoms with Crippen LogP contribution in [0.25, 0.3) is 11.0 Å². The van der Waals surface area contributed by atoms with E-state index in [0.29, 0.717) is 0 Å². The van der Waals surface area contributed by atoms with Gasteiger partial charge in [0.25, 0.3) is 0 Å². The normalized spacial score (nSPS) is 10.6. The first kappa shape index (κ1) is 8.74. The van der Waals surface area contributed by atoms with Gasteiger partial charge in [-0.05, 0) is 12.1 Å². The van der Waals surface area contributed by atoms with Crippen molar-refractivity contribution in [3.05, 3.63) is 40.2 Å². The third kappa shape index (κ3) is 1.25. The predicted octanol–water partition coefficient (Wildman–Crippen LogP) is 1.97. The highest BCUT2D eigenvalue weighted by molar-refractivity contribution is 5.82. The zero-order valence-electron chi connectivity index (χ0n) is 7.16. The minimum Gasteiger partial charge on any atom is -0.507 e. The van der Waals surface area contributed by atoms with Crippen molar-refractivity contribution in [2.45, 2.75) is 6.67 Å². The van der Waals surface area contributed by atoms with Crippen molar-refractivity contribution in [3.63, 3.8) is 0 Å². The highest BCUT2D eigenvalue weighted by Gasteiger charge is 2.07. The number of halogens is 1. The second kappa shape index (κ2) is 3.14. The number of phenolic OH excluding ortho intramolecular Hbond substituents is 1. The van der Waals surface area contributed by atoms with Crippen LogP contribution < -0.4 is 5.43 Å². The fourth-order valence-corrected chi connectivity index (χ4v) is 1.31. The summed E-state index contributed by atoms with van der Waals surface area (Å²) in [7, 11) is 0. The first-order chi connectivity index (χ1) is 6.72. The molecule has 1 N–H and O–H groups in total. The van der Waals surface area contributed by atoms with Crippen molar-refractivity contribution < 1.29 is 13.9 Å². The Kier molecular flexibility index (Phi) is 1.96. The average molecular weight is 194 g/mol. The molecule has 2 rings (SSSR count). The van der Waals surface area contributed by atoms with Crippen molar-refractivity contribution in [2.24, 2.45) is 0 Å². The van der Waals surface area contributed by atoms with Gasteiger partial charge in [-0.1, -0.05) is 6.07 Å². The number of alkyl halides is 1. The zero-order chi connectivity index (χ0) is 10.1. The summed E-state index contributed by atoms with van der Waals surface area (Å²) in [5, 5.41) is 9.45. The Morgan fingerprint density at radius 3 is 2.93 bits per heavy atom. The predicted molar refractivity (Wildman–Crippen MR) is 49.0 cm³/mol. The monoisotopic (exact) mass is 194 g/mol. The van der Waals surface area contributed by atoms with Crippen LogP contribution in [0, 0.1) is 0 Å². The van der Waals surface area contributed by atoms with Crippen LogP contribution in [0.2, 0.25) is 0 Å². The molecule has 1 heterocycles. The van der Waals surface area contributed by atoms with Crippen LogP contribution in [0.5, 0.6) is 5.75 Å². The van der Waals surface area contributed by atoms with E-state index in [0.717, 1.165) is 6.07 Å². The van der Waals surface area contributed by atoms with Crippen molar-refractivity contribution in [1.29, 1.82) is 0 Å². The lowest BCUT2D eigenvalue weighted by Gasteiger charge is -2.00. The van der Waals surface area contributed by atoms with Gasteiger partial charge in [-0.2, -0.15) is 0 Å². The molecule has 0 aliphatic rings. The quantitative estimate of drug-likeness (QED) is 0.754. The first-order valence-electron chi connectivity index (χ1n) is 4.03. The number of benzene rings is 1. The Bertz CT molecular complexity index is 530. The first-order valence-corrected chi connectivity index (χ1v) is 4.03. The summed E-state index contributed by atoms with van der Waals surface area (Å²) in [6, 6.07) is 5.47. The summed E-state index contributed by atoms with van der Waals surface area (Å²) < 4.78 is 17.3. The van der Waals surface area contributed by atoms with Crippen molar-refractivity contribution in [2.75, 3.05) is 0 Å². The molecule has 3 nitrogen and oxygen atoms in total. The fraction of sp³-hybridized carbons (Fsp3) is 0.100. The molecular formula is C10H7FO3. The molecule has 0 aliphatic heterocycles. The van der Waals surface area contributed by atoms with E-state index in [1.165, 1.54) is 18.2 Å². The van der Waals surface area contributed by atoms with Crippen LogP contribution in [0.1, 0.15) is 5.76 Å². The van der Waals surface area contributed by atoms with Crippen molar-refractivity contribution in [3.8, 4) is 5.75 Å². The third-order valence-electron chi connectivity index (χ3n) is 1.92. The molecule has 0 bridgehead atoms. The van der Waals surface area contributed by atoms with E-state index in [-0.39, 0.29) is 22.5 Å². The Balaban J connectivity index is 2.90. The van der Waals surface area contributed by atoms with Crippen molar-refractivity contribution in [1.82, 2.24) is 0 Å². The Hall–Kier alpha value is -1.84. The van der Waals surface area contributed by atoms with Crippen LogP contribution in [-0.2, 0) is 6.67 Å². The summed E-state index contributed by atoms with van der Waals surface area (Å²) in [6.07, 6.45) is 0. The van der Waals surface area contributed by atoms with E-state index in [4.69, 9.17) is 4.42 Å². The van der Waals surface area contributed by atoms with Crippen LogP contribution in [0.3, 0.4) is 0 Å². The second-order valence-electron chi connectivity index (χ2n) is 2.86. The van der Waals surface area contributed by atoms with Gasteiger partial charge in [0.05, 0.1) is 0 Å². The minimum atomic E-state index is -0.833. The molecule has 2 aromatic rings. The smallest absolute Gasteiger partial charge is 0.196 e. The molecule has 0 unspecified atom stereocenters. The summed E-state index contributed by atoms with van der Waals surface area (Å²) >= 11 is 0. The average Bonchev–Trinajstić information content (AvgIpc) is 2.17. The molecule has 0 fully saturated rings. The van der Waals surface area contributed by atoms with Gasteiger partial charge >= 0.3 is 0 Å². The Morgan fingerprint density at radius 2 is 2.21 bits per heavy atom. The standard InChI is InChI=1S/C10H7FO3/c11-5-6-4-8(13)10-7(12)2-1-3-9(10)14-6/h1-4,12H,5H2. The molecule has 0 saturated carbocycles. The lowest BCUT2D eigenvalue weighted by Crippen LogP contribution is -2.01. The topological polar surface area (TPSA) is 50.4 Å². The molecular weight excluding hydrogens is 187 g/mol. The van der Waals surface area contributed by atoms with Crippen LogP contribution in [0.15, 0.2) is 33.5 Å². The van der Waals surface area contributed by atoms with Gasteiger partial charge in [-0.25, -0.2) is 4.39 Å². The molecule has 0 saturated heterocycles. The largest absolute Gasteiger partial charge is 0.507 e. The summed E-state index contributed by atoms with van der Waals surface area (Å²) in [5.74, 6) is -0.185. The molecule has 72 valence electrons. The molecule has 1 aromatic heterocycles. The molecule has 14 heavy (non-hydrogen) atoms. The number of hydrogen-bond acceptors (Lipinski definition) is 3. The van der Waals surface area contributed by atoms with Gasteiger partial charge in [0.15, 0.2) is 5.43 Å². The Morgan fingerprint density at radius 1 is 1.43 bits per heavy atom. The maximum absolute atomic E-state index is 12.2. The maximum Gasteiger partial charge on any atom is 0.196 e. The summed E-state index contributed by atoms with van der Waals surface area (Å²) in [4.78, 5) is 11.4. The molecule has 0 spiro atoms. The summed E-state index contributed by atoms with van der Waals surface area (Å²) in [5.41, 5.74) is -0.234. The highest BCUT2D eigenvalue weighted by atomic mass is 19.1. The number of aromatic hydroxyl groups is 1. The number of hydrogen-bond donors (Lipinski definition) is 1. The lowest BCUT2D eigenvalue weighted by atomic mass is 10.2. The lowest BCUT2D eigenvalue weighted by molar-refractivity contribution is 0.400. The highest BCUT2D eigenvalue weighted by Crippen LogP contribution is 2.21. The van der Waals surface area contributed by atoms with E-state index in [1.54, 1.807) is 0 Å². The van der Waals surface area contributed by atoms with Crippen molar-refractivity contribution >= 4 is 11.0 Å². The van der Waals surface area contributed by atoms with Gasteiger partial charge in [0.1, 0.15) is 29.2 Å². The molecule has 0 atom stereocenters. The fourth-order valence-electron chi connectivity index (χ4n) is 1.31. The molecule has 4 heteroatoms. The SMILES string of the molecule is O=c1cc(CF)oc2cccc(O)c12. The van der Waals surface area contributed by atoms with Crippen LogP contribution in [-0.4, -0.2) is 5.11 Å². The zero-order valence-corrected chi connectivity index (χ0v) is 7.16. The van der Waals surface area contributed by atoms with Gasteiger partial charge < -0.3 is 9.52 Å². The van der Waals surface area contributed by atoms with Gasteiger partial charge in [-0.15, -0.1) is 0 Å². The number of phenols is 1. The minimum absolute atomic E-state index is 0.0342. The molecule has 0 aliphatic carbocycles. The third-order valence-corrected chi connectivity index (χ3v) is 1.92. The van der Waals surface area contributed by atoms with Gasteiger partial charge in [-0.3, -0.25) is 4.79 Å². The van der Waals surface area contributed by atoms with E-state index in [2.05, 4.69) is 0 Å². The molecule has 0 amide bonds. The Labute approximate surface area is 78.4 Å². The maximum atomic E-state index is 12.2. The van der Waals surface area contributed by atoms with E-state index < -0.39 is 12.1 Å². The van der Waals surface area contributed by atoms with Crippen LogP contribution >= 0.6 is 0 Å². The second-order valence-corrected chi connectivity index (χ2v) is 2.86. The van der Waals surface area contributed by atoms with Gasteiger partial charge in [0.2, 0.25) is 0 Å². The number of fused-ring (bicyclic) bond motifs is 1. The van der Waals surface area contributed by atoms with E-state index >= 15 is 0 Å². The molecule has 1 aromatic carbocycles. The van der Waals surface area contributed by atoms with E-state index in [1.807, 2.05) is 0 Å². The van der Waals surface area contributed by atoms with Gasteiger partial charge in [0, 0.05) is 6.07 Å².